The Balaban J connectivity index is 1.62. The Hall–Kier alpha value is -0.830. The second-order valence-corrected chi connectivity index (χ2v) is 5.22. The van der Waals surface area contributed by atoms with E-state index in [4.69, 9.17) is 4.42 Å². The molecule has 0 radical (unpaired) electrons. The Morgan fingerprint density at radius 1 is 1.24 bits per heavy atom. The third kappa shape index (κ3) is 3.84. The second kappa shape index (κ2) is 6.20. The van der Waals surface area contributed by atoms with Crippen LogP contribution in [0, 0.1) is 19.8 Å². The van der Waals surface area contributed by atoms with Gasteiger partial charge < -0.3 is 9.73 Å². The van der Waals surface area contributed by atoms with Crippen molar-refractivity contribution in [1.29, 1.82) is 0 Å². The van der Waals surface area contributed by atoms with Crippen molar-refractivity contribution in [2.45, 2.75) is 58.9 Å². The predicted molar refractivity (Wildman–Crippen MR) is 68.9 cm³/mol. The third-order valence-electron chi connectivity index (χ3n) is 3.80. The lowest BCUT2D eigenvalue weighted by atomic mass is 9.87. The summed E-state index contributed by atoms with van der Waals surface area (Å²) >= 11 is 0. The minimum atomic E-state index is 0.765. The van der Waals surface area contributed by atoms with E-state index < -0.39 is 0 Å². The Morgan fingerprint density at radius 2 is 2.00 bits per heavy atom. The summed E-state index contributed by atoms with van der Waals surface area (Å²) in [5.74, 6) is 2.71. The lowest BCUT2D eigenvalue weighted by Crippen LogP contribution is -2.19. The van der Waals surface area contributed by atoms with E-state index >= 15 is 0 Å². The fraction of sp³-hybridized carbons (Fsp3) is 0.786. The molecule has 0 atom stereocenters. The number of aromatic nitrogens is 1. The molecule has 1 saturated carbocycles. The fourth-order valence-corrected chi connectivity index (χ4v) is 2.59. The second-order valence-electron chi connectivity index (χ2n) is 5.22. The molecule has 0 spiro atoms. The highest BCUT2D eigenvalue weighted by Gasteiger charge is 2.12. The molecule has 1 aliphatic carbocycles. The fourth-order valence-electron chi connectivity index (χ4n) is 2.59. The molecular formula is C14H24N2O. The smallest absolute Gasteiger partial charge is 0.208 e. The maximum absolute atomic E-state index is 5.53. The largest absolute Gasteiger partial charge is 0.444 e. The molecule has 17 heavy (non-hydrogen) atoms. The first-order valence-electron chi connectivity index (χ1n) is 6.89. The van der Waals surface area contributed by atoms with Gasteiger partial charge in [0.05, 0.1) is 12.2 Å². The van der Waals surface area contributed by atoms with Gasteiger partial charge in [0.25, 0.3) is 0 Å². The van der Waals surface area contributed by atoms with Crippen LogP contribution >= 0.6 is 0 Å². The molecule has 0 bridgehead atoms. The summed E-state index contributed by atoms with van der Waals surface area (Å²) < 4.78 is 5.53. The van der Waals surface area contributed by atoms with Gasteiger partial charge in [-0.3, -0.25) is 0 Å². The van der Waals surface area contributed by atoms with Gasteiger partial charge in [0, 0.05) is 0 Å². The summed E-state index contributed by atoms with van der Waals surface area (Å²) in [4.78, 5) is 4.37. The SMILES string of the molecule is Cc1nc(CNCCC2CCCCC2)oc1C. The summed E-state index contributed by atoms with van der Waals surface area (Å²) in [6.07, 6.45) is 8.47. The van der Waals surface area contributed by atoms with Crippen molar-refractivity contribution in [3.05, 3.63) is 17.3 Å². The van der Waals surface area contributed by atoms with Gasteiger partial charge in [-0.15, -0.1) is 0 Å². The average Bonchev–Trinajstić information content (AvgIpc) is 2.66. The zero-order valence-corrected chi connectivity index (χ0v) is 11.1. The van der Waals surface area contributed by atoms with Crippen molar-refractivity contribution in [3.8, 4) is 0 Å². The molecule has 0 unspecified atom stereocenters. The van der Waals surface area contributed by atoms with Crippen molar-refractivity contribution in [3.63, 3.8) is 0 Å². The van der Waals surface area contributed by atoms with Crippen molar-refractivity contribution in [2.24, 2.45) is 5.92 Å². The normalized spacial score (nSPS) is 17.5. The Morgan fingerprint density at radius 3 is 2.65 bits per heavy atom. The Bertz CT molecular complexity index is 320. The van der Waals surface area contributed by atoms with E-state index in [1.807, 2.05) is 13.8 Å². The zero-order chi connectivity index (χ0) is 12.1. The molecule has 3 heteroatoms. The van der Waals surface area contributed by atoms with Crippen LogP contribution in [0.4, 0.5) is 0 Å². The van der Waals surface area contributed by atoms with Gasteiger partial charge in [-0.2, -0.15) is 0 Å². The van der Waals surface area contributed by atoms with Crippen LogP contribution in [0.25, 0.3) is 0 Å². The van der Waals surface area contributed by atoms with Gasteiger partial charge in [0.2, 0.25) is 5.89 Å². The summed E-state index contributed by atoms with van der Waals surface area (Å²) in [5, 5.41) is 3.43. The first kappa shape index (κ1) is 12.6. The molecule has 1 aromatic rings. The summed E-state index contributed by atoms with van der Waals surface area (Å²) in [6.45, 7) is 5.81. The molecule has 0 aromatic carbocycles. The average molecular weight is 236 g/mol. The van der Waals surface area contributed by atoms with Gasteiger partial charge in [-0.1, -0.05) is 32.1 Å². The van der Waals surface area contributed by atoms with Crippen LogP contribution in [0.5, 0.6) is 0 Å². The molecule has 1 aromatic heterocycles. The number of hydrogen-bond donors (Lipinski definition) is 1. The van der Waals surface area contributed by atoms with Gasteiger partial charge in [0.15, 0.2) is 0 Å². The molecular weight excluding hydrogens is 212 g/mol. The number of oxazole rings is 1. The van der Waals surface area contributed by atoms with Crippen LogP contribution in [-0.2, 0) is 6.54 Å². The molecule has 1 N–H and O–H groups in total. The van der Waals surface area contributed by atoms with Gasteiger partial charge in [0.1, 0.15) is 5.76 Å². The topological polar surface area (TPSA) is 38.1 Å². The van der Waals surface area contributed by atoms with E-state index in [2.05, 4.69) is 10.3 Å². The van der Waals surface area contributed by atoms with E-state index in [0.29, 0.717) is 0 Å². The highest BCUT2D eigenvalue weighted by atomic mass is 16.4. The highest BCUT2D eigenvalue weighted by molar-refractivity contribution is 5.05. The van der Waals surface area contributed by atoms with Crippen LogP contribution in [0.1, 0.15) is 55.9 Å². The first-order valence-corrected chi connectivity index (χ1v) is 6.89. The first-order chi connectivity index (χ1) is 8.25. The number of rotatable bonds is 5. The quantitative estimate of drug-likeness (QED) is 0.797. The maximum atomic E-state index is 5.53. The van der Waals surface area contributed by atoms with Crippen LogP contribution in [0.2, 0.25) is 0 Å². The summed E-state index contributed by atoms with van der Waals surface area (Å²) in [7, 11) is 0. The van der Waals surface area contributed by atoms with Crippen molar-refractivity contribution >= 4 is 0 Å². The molecule has 1 heterocycles. The van der Waals surface area contributed by atoms with E-state index in [0.717, 1.165) is 36.4 Å². The van der Waals surface area contributed by atoms with E-state index in [1.165, 1.54) is 38.5 Å². The Kier molecular flexibility index (Phi) is 4.60. The standard InChI is InChI=1S/C14H24N2O/c1-11-12(2)17-14(16-11)10-15-9-8-13-6-4-3-5-7-13/h13,15H,3-10H2,1-2H3. The molecule has 1 fully saturated rings. The van der Waals surface area contributed by atoms with Gasteiger partial charge >= 0.3 is 0 Å². The summed E-state index contributed by atoms with van der Waals surface area (Å²) in [6, 6.07) is 0. The van der Waals surface area contributed by atoms with E-state index in [-0.39, 0.29) is 0 Å². The monoisotopic (exact) mass is 236 g/mol. The molecule has 2 rings (SSSR count). The van der Waals surface area contributed by atoms with Crippen molar-refractivity contribution in [1.82, 2.24) is 10.3 Å². The van der Waals surface area contributed by atoms with E-state index in [1.54, 1.807) is 0 Å². The molecule has 1 aliphatic rings. The lowest BCUT2D eigenvalue weighted by molar-refractivity contribution is 0.330. The zero-order valence-electron chi connectivity index (χ0n) is 11.1. The number of aryl methyl sites for hydroxylation is 2. The lowest BCUT2D eigenvalue weighted by Gasteiger charge is -2.21. The molecule has 0 aliphatic heterocycles. The predicted octanol–water partition coefficient (Wildman–Crippen LogP) is 3.35. The van der Waals surface area contributed by atoms with Crippen LogP contribution in [-0.4, -0.2) is 11.5 Å². The maximum Gasteiger partial charge on any atom is 0.208 e. The minimum Gasteiger partial charge on any atom is -0.444 e. The number of hydrogen-bond acceptors (Lipinski definition) is 3. The molecule has 96 valence electrons. The van der Waals surface area contributed by atoms with Crippen LogP contribution in [0.15, 0.2) is 4.42 Å². The molecule has 0 saturated heterocycles. The van der Waals surface area contributed by atoms with Crippen LogP contribution < -0.4 is 5.32 Å². The minimum absolute atomic E-state index is 0.765. The molecule has 0 amide bonds. The van der Waals surface area contributed by atoms with Gasteiger partial charge in [-0.25, -0.2) is 4.98 Å². The number of nitrogens with one attached hydrogen (secondary N) is 1. The van der Waals surface area contributed by atoms with Crippen molar-refractivity contribution < 1.29 is 4.42 Å². The Labute approximate surface area is 104 Å². The van der Waals surface area contributed by atoms with Crippen LogP contribution in [0.3, 0.4) is 0 Å². The van der Waals surface area contributed by atoms with Gasteiger partial charge in [-0.05, 0) is 32.7 Å². The highest BCUT2D eigenvalue weighted by Crippen LogP contribution is 2.25. The summed E-state index contributed by atoms with van der Waals surface area (Å²) in [5.41, 5.74) is 1.01. The van der Waals surface area contributed by atoms with Crippen molar-refractivity contribution in [2.75, 3.05) is 6.54 Å². The van der Waals surface area contributed by atoms with E-state index in [9.17, 15) is 0 Å². The molecule has 3 nitrogen and oxygen atoms in total. The third-order valence-corrected chi connectivity index (χ3v) is 3.80. The number of nitrogens with zero attached hydrogens (tertiary/aromatic N) is 1.